The van der Waals surface area contributed by atoms with Crippen LogP contribution in [0.4, 0.5) is 5.69 Å². The molecule has 2 N–H and O–H groups in total. The Hall–Kier alpha value is -2.41. The van der Waals surface area contributed by atoms with Crippen LogP contribution in [0.2, 0.25) is 4.34 Å². The number of halogens is 1. The lowest BCUT2D eigenvalue weighted by atomic mass is 10.0. The van der Waals surface area contributed by atoms with Gasteiger partial charge in [0.15, 0.2) is 0 Å². The largest absolute Gasteiger partial charge is 0.398 e. The number of nitrogen functional groups attached to an aromatic ring is 1. The molecule has 1 atom stereocenters. The van der Waals surface area contributed by atoms with E-state index in [1.165, 1.54) is 0 Å². The monoisotopic (exact) mass is 454 g/mol. The number of anilines is 1. The van der Waals surface area contributed by atoms with Crippen molar-refractivity contribution in [2.45, 2.75) is 32.4 Å². The highest BCUT2D eigenvalue weighted by Crippen LogP contribution is 2.24. The van der Waals surface area contributed by atoms with Crippen LogP contribution >= 0.6 is 22.9 Å². The van der Waals surface area contributed by atoms with Gasteiger partial charge in [0.2, 0.25) is 5.91 Å². The number of thiophene rings is 1. The minimum absolute atomic E-state index is 0.0791. The summed E-state index contributed by atoms with van der Waals surface area (Å²) in [6.45, 7) is 5.08. The third-order valence-corrected chi connectivity index (χ3v) is 6.88. The quantitative estimate of drug-likeness (QED) is 0.542. The average molecular weight is 455 g/mol. The van der Waals surface area contributed by atoms with Crippen molar-refractivity contribution in [3.63, 3.8) is 0 Å². The van der Waals surface area contributed by atoms with Crippen LogP contribution in [0.3, 0.4) is 0 Å². The summed E-state index contributed by atoms with van der Waals surface area (Å²) in [5, 5.41) is 0.949. The van der Waals surface area contributed by atoms with Crippen molar-refractivity contribution in [2.24, 2.45) is 0 Å². The number of nitrogens with zero attached hydrogens (tertiary/aromatic N) is 3. The summed E-state index contributed by atoms with van der Waals surface area (Å²) in [7, 11) is 0. The number of aromatic nitrogens is 1. The Bertz CT molecular complexity index is 1100. The normalized spacial score (nSPS) is 17.8. The molecule has 0 saturated carbocycles. The van der Waals surface area contributed by atoms with Crippen molar-refractivity contribution in [3.05, 3.63) is 63.4 Å². The fourth-order valence-corrected chi connectivity index (χ4v) is 5.09. The molecule has 1 aliphatic rings. The maximum Gasteiger partial charge on any atom is 0.240 e. The van der Waals surface area contributed by atoms with Gasteiger partial charge < -0.3 is 10.6 Å². The number of piperazine rings is 1. The first-order valence-corrected chi connectivity index (χ1v) is 11.8. The van der Waals surface area contributed by atoms with Gasteiger partial charge in [0.05, 0.1) is 15.9 Å². The molecule has 7 heteroatoms. The molecule has 1 aliphatic heterocycles. The van der Waals surface area contributed by atoms with Crippen LogP contribution in [0.5, 0.6) is 0 Å². The van der Waals surface area contributed by atoms with E-state index in [1.807, 2.05) is 41.3 Å². The Labute approximate surface area is 192 Å². The van der Waals surface area contributed by atoms with Gasteiger partial charge in [-0.05, 0) is 42.3 Å². The molecule has 5 nitrogen and oxygen atoms in total. The maximum atomic E-state index is 13.3. The van der Waals surface area contributed by atoms with E-state index >= 15 is 0 Å². The molecule has 1 unspecified atom stereocenters. The third kappa shape index (κ3) is 5.09. The van der Waals surface area contributed by atoms with E-state index in [0.29, 0.717) is 6.54 Å². The lowest BCUT2D eigenvalue weighted by molar-refractivity contribution is -0.142. The van der Waals surface area contributed by atoms with E-state index in [-0.39, 0.29) is 11.9 Å². The summed E-state index contributed by atoms with van der Waals surface area (Å²) >= 11 is 7.57. The molecule has 31 heavy (non-hydrogen) atoms. The summed E-state index contributed by atoms with van der Waals surface area (Å²) in [5.41, 5.74) is 8.71. The second-order valence-corrected chi connectivity index (χ2v) is 9.60. The number of rotatable bonds is 7. The van der Waals surface area contributed by atoms with Crippen molar-refractivity contribution >= 4 is 51.5 Å². The molecule has 4 rings (SSSR count). The zero-order chi connectivity index (χ0) is 21.8. The molecular weight excluding hydrogens is 428 g/mol. The molecule has 0 bridgehead atoms. The number of fused-ring (bicyclic) bond motifs is 1. The van der Waals surface area contributed by atoms with Gasteiger partial charge in [-0.1, -0.05) is 43.2 Å². The lowest BCUT2D eigenvalue weighted by Gasteiger charge is -2.40. The number of nitrogens with two attached hydrogens (primary N) is 1. The van der Waals surface area contributed by atoms with Gasteiger partial charge in [0.25, 0.3) is 0 Å². The van der Waals surface area contributed by atoms with Crippen molar-refractivity contribution in [3.8, 4) is 0 Å². The van der Waals surface area contributed by atoms with Crippen LogP contribution in [0, 0.1) is 0 Å². The minimum Gasteiger partial charge on any atom is -0.398 e. The number of hydrogen-bond acceptors (Lipinski definition) is 5. The molecule has 1 saturated heterocycles. The summed E-state index contributed by atoms with van der Waals surface area (Å²) < 4.78 is 0.791. The molecular formula is C24H27ClN4OS. The van der Waals surface area contributed by atoms with E-state index in [9.17, 15) is 4.79 Å². The Morgan fingerprint density at radius 2 is 2.13 bits per heavy atom. The third-order valence-electron chi connectivity index (χ3n) is 5.69. The van der Waals surface area contributed by atoms with Gasteiger partial charge in [0, 0.05) is 48.3 Å². The van der Waals surface area contributed by atoms with Gasteiger partial charge in [-0.2, -0.15) is 0 Å². The van der Waals surface area contributed by atoms with Crippen LogP contribution in [0.1, 0.15) is 30.2 Å². The first-order chi connectivity index (χ1) is 15.0. The molecule has 1 aromatic carbocycles. The van der Waals surface area contributed by atoms with Crippen LogP contribution in [-0.2, 0) is 11.3 Å². The Morgan fingerprint density at radius 3 is 2.90 bits per heavy atom. The predicted molar refractivity (Wildman–Crippen MR) is 130 cm³/mol. The van der Waals surface area contributed by atoms with E-state index < -0.39 is 0 Å². The smallest absolute Gasteiger partial charge is 0.240 e. The molecule has 3 aromatic rings. The number of carbonyl (C=O) groups is 1. The highest BCUT2D eigenvalue weighted by Gasteiger charge is 2.33. The fourth-order valence-electron chi connectivity index (χ4n) is 4.09. The van der Waals surface area contributed by atoms with Crippen molar-refractivity contribution < 1.29 is 4.79 Å². The van der Waals surface area contributed by atoms with Crippen molar-refractivity contribution in [1.82, 2.24) is 14.8 Å². The van der Waals surface area contributed by atoms with Gasteiger partial charge in [0.1, 0.15) is 0 Å². The van der Waals surface area contributed by atoms with Gasteiger partial charge >= 0.3 is 0 Å². The first-order valence-electron chi connectivity index (χ1n) is 10.6. The molecule has 2 aromatic heterocycles. The molecule has 0 aliphatic carbocycles. The maximum absolute atomic E-state index is 13.3. The Kier molecular flexibility index (Phi) is 6.90. The number of hydrogen-bond donors (Lipinski definition) is 1. The van der Waals surface area contributed by atoms with Crippen LogP contribution < -0.4 is 5.73 Å². The van der Waals surface area contributed by atoms with E-state index in [1.54, 1.807) is 17.5 Å². The molecule has 1 fully saturated rings. The van der Waals surface area contributed by atoms with Gasteiger partial charge in [-0.3, -0.25) is 14.7 Å². The molecule has 1 amide bonds. The van der Waals surface area contributed by atoms with Crippen LogP contribution in [0.15, 0.2) is 48.7 Å². The number of carbonyl (C=O) groups excluding carboxylic acids is 1. The number of amides is 1. The van der Waals surface area contributed by atoms with Crippen molar-refractivity contribution in [1.29, 1.82) is 0 Å². The standard InChI is InChI=1S/C24H27ClN4OS/c1-2-4-22-24(30)29(14-13-28(22)12-3-5-18-7-9-23(25)31-18)16-17-6-8-19-20(26)10-11-27-21(19)15-17/h3,5-11,15,22H,2,4,12-14,16H2,1H3,(H2,26,27). The zero-order valence-electron chi connectivity index (χ0n) is 17.6. The SMILES string of the molecule is CCCC1C(=O)N(Cc2ccc3c(N)ccnc3c2)CCN1CC=Cc1ccc(Cl)s1. The zero-order valence-corrected chi connectivity index (χ0v) is 19.2. The summed E-state index contributed by atoms with van der Waals surface area (Å²) in [4.78, 5) is 23.1. The summed E-state index contributed by atoms with van der Waals surface area (Å²) in [6, 6.07) is 11.7. The predicted octanol–water partition coefficient (Wildman–Crippen LogP) is 5.06. The fraction of sp³-hybridized carbons (Fsp3) is 0.333. The van der Waals surface area contributed by atoms with E-state index in [0.717, 1.165) is 63.8 Å². The molecule has 3 heterocycles. The molecule has 162 valence electrons. The summed E-state index contributed by atoms with van der Waals surface area (Å²) in [5.74, 6) is 0.210. The minimum atomic E-state index is -0.0791. The summed E-state index contributed by atoms with van der Waals surface area (Å²) in [6.07, 6.45) is 7.78. The van der Waals surface area contributed by atoms with Gasteiger partial charge in [-0.15, -0.1) is 11.3 Å². The van der Waals surface area contributed by atoms with E-state index in [4.69, 9.17) is 17.3 Å². The van der Waals surface area contributed by atoms with Crippen LogP contribution in [0.25, 0.3) is 17.0 Å². The van der Waals surface area contributed by atoms with Crippen molar-refractivity contribution in [2.75, 3.05) is 25.4 Å². The Balaban J connectivity index is 1.44. The second-order valence-electron chi connectivity index (χ2n) is 7.86. The van der Waals surface area contributed by atoms with E-state index in [2.05, 4.69) is 29.0 Å². The molecule has 0 spiro atoms. The second kappa shape index (κ2) is 9.81. The topological polar surface area (TPSA) is 62.5 Å². The number of benzene rings is 1. The highest BCUT2D eigenvalue weighted by molar-refractivity contribution is 7.16. The lowest BCUT2D eigenvalue weighted by Crippen LogP contribution is -2.56. The highest BCUT2D eigenvalue weighted by atomic mass is 35.5. The average Bonchev–Trinajstić information content (AvgIpc) is 3.17. The Morgan fingerprint density at radius 1 is 1.26 bits per heavy atom. The first kappa shape index (κ1) is 21.8. The number of pyridine rings is 1. The van der Waals surface area contributed by atoms with Gasteiger partial charge in [-0.25, -0.2) is 0 Å². The van der Waals surface area contributed by atoms with Crippen LogP contribution in [-0.4, -0.2) is 46.4 Å². The molecule has 0 radical (unpaired) electrons.